The fourth-order valence-electron chi connectivity index (χ4n) is 12.3. The standard InChI is InChI=1S/C73H105ClFIN12O12/c1-15-17-28-54-69(96)86(13)58(40-50-25-19-20-27-53(50)75)67(94)79-56(35-45(3)4)70(97)87(14)60(72(99)88-33-21-18-22-34-88)41-62(90)84(11)57(36-46(5)6)68(95)80-65(47(7)16-2)73(100)83(10)43-63(91)81(8)44-64(92)85(12)59(39-48-29-31-51(74)32-30-48)71(98)82(9)42-61(89)77-55(66(93)78-54)38-49-24-23-26-52(76)37-49/h19-20,23-27,29-32,37,45-47,54-60,65H,15-18,21-22,28,33-36,38-44H2,1-14H3,(H,77,89)(H,78,93)(H,79,94)(H,80,95)/t47-,54-,55-,56-,57-,58-,59-,60-,65-/m0/s1. The number of amides is 12. The second-order valence-corrected chi connectivity index (χ2v) is 29.4. The first kappa shape index (κ1) is 82.9. The van der Waals surface area contributed by atoms with E-state index >= 15 is 23.6 Å². The van der Waals surface area contributed by atoms with Crippen molar-refractivity contribution in [2.45, 2.75) is 180 Å². The summed E-state index contributed by atoms with van der Waals surface area (Å²) in [6.45, 7) is 11.7. The van der Waals surface area contributed by atoms with Crippen LogP contribution in [-0.4, -0.2) is 240 Å². The molecule has 0 saturated carbocycles. The van der Waals surface area contributed by atoms with Crippen LogP contribution in [0.1, 0.15) is 129 Å². The summed E-state index contributed by atoms with van der Waals surface area (Å²) < 4.78 is 16.7. The lowest BCUT2D eigenvalue weighted by Gasteiger charge is -2.38. The maximum atomic E-state index is 15.9. The van der Waals surface area contributed by atoms with Gasteiger partial charge in [0, 0.05) is 90.3 Å². The summed E-state index contributed by atoms with van der Waals surface area (Å²) in [4.78, 5) is 188. The predicted octanol–water partition coefficient (Wildman–Crippen LogP) is 5.48. The van der Waals surface area contributed by atoms with Crippen LogP contribution in [0.2, 0.25) is 5.02 Å². The van der Waals surface area contributed by atoms with Crippen molar-refractivity contribution in [2.24, 2.45) is 17.8 Å². The van der Waals surface area contributed by atoms with Gasteiger partial charge in [-0.1, -0.05) is 122 Å². The van der Waals surface area contributed by atoms with E-state index in [1.54, 1.807) is 54.3 Å². The van der Waals surface area contributed by atoms with Gasteiger partial charge in [0.15, 0.2) is 0 Å². The Bertz CT molecular complexity index is 3360. The SMILES string of the molecule is CCCC[C@@H]1NC(=O)[C@H](Cc2cccc(I)c2)NC(=O)CN(C)C(=O)[C@H](Cc2ccc(Cl)cc2)N(C)C(=O)CN(C)C(=O)CN(C)C(=O)[C@H]([C@@H](C)CC)NC(=O)[C@H](CC(C)C)N(C)C(=O)C[C@@H](C(=O)N2CCCCC2)N(C)C(=O)[C@H](CC(C)C)NC(=O)[C@H](Cc2ccccc2F)N(C)C1=O. The molecule has 24 nitrogen and oxygen atoms in total. The third-order valence-corrected chi connectivity index (χ3v) is 19.7. The average molecular weight is 1520 g/mol. The highest BCUT2D eigenvalue weighted by molar-refractivity contribution is 14.1. The smallest absolute Gasteiger partial charge is 0.245 e. The van der Waals surface area contributed by atoms with Crippen molar-refractivity contribution in [3.63, 3.8) is 0 Å². The fraction of sp³-hybridized carbons (Fsp3) is 0.589. The number of likely N-dealkylation sites (N-methyl/N-ethyl adjacent to an activating group) is 7. The van der Waals surface area contributed by atoms with E-state index < -0.39 is 163 Å². The number of carbonyl (C=O) groups excluding carboxylic acids is 12. The molecule has 12 amide bonds. The molecule has 0 bridgehead atoms. The molecule has 2 aliphatic rings. The van der Waals surface area contributed by atoms with E-state index in [4.69, 9.17) is 11.6 Å². The summed E-state index contributed by atoms with van der Waals surface area (Å²) in [5.74, 6) is -10.3. The lowest BCUT2D eigenvalue weighted by atomic mass is 9.95. The Morgan fingerprint density at radius 3 is 1.75 bits per heavy atom. The average Bonchev–Trinajstić information content (AvgIpc) is 0.822. The molecule has 5 rings (SSSR count). The third kappa shape index (κ3) is 24.0. The van der Waals surface area contributed by atoms with Crippen molar-refractivity contribution in [1.29, 1.82) is 0 Å². The third-order valence-electron chi connectivity index (χ3n) is 18.8. The van der Waals surface area contributed by atoms with E-state index in [0.29, 0.717) is 61.3 Å². The minimum atomic E-state index is -1.54. The second kappa shape index (κ2) is 39.5. The minimum absolute atomic E-state index is 0.00234. The van der Waals surface area contributed by atoms with Crippen LogP contribution in [-0.2, 0) is 76.8 Å². The molecule has 9 atom stereocenters. The number of piperidine rings is 1. The Morgan fingerprint density at radius 2 is 1.14 bits per heavy atom. The van der Waals surface area contributed by atoms with Gasteiger partial charge in [-0.3, -0.25) is 57.5 Å². The van der Waals surface area contributed by atoms with Crippen molar-refractivity contribution in [3.05, 3.63) is 104 Å². The maximum absolute atomic E-state index is 15.9. The van der Waals surface area contributed by atoms with Crippen molar-refractivity contribution in [2.75, 3.05) is 82.1 Å². The number of hydrogen-bond donors (Lipinski definition) is 4. The van der Waals surface area contributed by atoms with Gasteiger partial charge in [0.05, 0.1) is 26.1 Å². The van der Waals surface area contributed by atoms with Crippen LogP contribution >= 0.6 is 34.2 Å². The molecule has 2 heterocycles. The van der Waals surface area contributed by atoms with Crippen molar-refractivity contribution < 1.29 is 61.9 Å². The normalized spacial score (nSPS) is 23.4. The van der Waals surface area contributed by atoms with Crippen LogP contribution in [0.25, 0.3) is 0 Å². The monoisotopic (exact) mass is 1520 g/mol. The topological polar surface area (TPSA) is 279 Å². The first-order chi connectivity index (χ1) is 47.2. The number of hydrogen-bond acceptors (Lipinski definition) is 12. The number of unbranched alkanes of at least 4 members (excludes halogenated alkanes) is 1. The number of halogens is 3. The second-order valence-electron chi connectivity index (χ2n) is 27.7. The highest BCUT2D eigenvalue weighted by Gasteiger charge is 2.43. The van der Waals surface area contributed by atoms with Crippen molar-refractivity contribution in [1.82, 2.24) is 60.5 Å². The summed E-state index contributed by atoms with van der Waals surface area (Å²) >= 11 is 8.36. The molecule has 3 aromatic carbocycles. The van der Waals surface area contributed by atoms with E-state index in [1.165, 1.54) is 72.4 Å². The summed E-state index contributed by atoms with van der Waals surface area (Å²) in [7, 11) is 9.60. The lowest BCUT2D eigenvalue weighted by Crippen LogP contribution is -2.61. The van der Waals surface area contributed by atoms with Gasteiger partial charge in [0.2, 0.25) is 70.9 Å². The maximum Gasteiger partial charge on any atom is 0.245 e. The molecule has 0 aliphatic carbocycles. The molecule has 550 valence electrons. The van der Waals surface area contributed by atoms with Gasteiger partial charge < -0.3 is 60.5 Å². The van der Waals surface area contributed by atoms with Crippen LogP contribution in [0.4, 0.5) is 4.39 Å². The van der Waals surface area contributed by atoms with Gasteiger partial charge >= 0.3 is 0 Å². The predicted molar refractivity (Wildman–Crippen MR) is 388 cm³/mol. The highest BCUT2D eigenvalue weighted by Crippen LogP contribution is 2.24. The number of rotatable bonds is 16. The molecule has 2 saturated heterocycles. The van der Waals surface area contributed by atoms with Crippen molar-refractivity contribution in [3.8, 4) is 0 Å². The van der Waals surface area contributed by atoms with Crippen molar-refractivity contribution >= 4 is 105 Å². The quantitative estimate of drug-likeness (QED) is 0.130. The van der Waals surface area contributed by atoms with E-state index in [-0.39, 0.29) is 49.5 Å². The first-order valence-electron chi connectivity index (χ1n) is 34.7. The molecule has 3 aromatic rings. The van der Waals surface area contributed by atoms with Crippen LogP contribution in [0.15, 0.2) is 72.8 Å². The largest absolute Gasteiger partial charge is 0.343 e. The lowest BCUT2D eigenvalue weighted by molar-refractivity contribution is -0.151. The van der Waals surface area contributed by atoms with E-state index in [1.807, 2.05) is 53.7 Å². The van der Waals surface area contributed by atoms with Gasteiger partial charge in [-0.2, -0.15) is 0 Å². The number of likely N-dealkylation sites (tertiary alicyclic amines) is 1. The zero-order chi connectivity index (χ0) is 74.4. The van der Waals surface area contributed by atoms with Gasteiger partial charge in [-0.25, -0.2) is 4.39 Å². The molecule has 100 heavy (non-hydrogen) atoms. The van der Waals surface area contributed by atoms with Crippen LogP contribution in [0, 0.1) is 27.1 Å². The highest BCUT2D eigenvalue weighted by atomic mass is 127. The fourth-order valence-corrected chi connectivity index (χ4v) is 13.1. The number of carbonyl (C=O) groups is 12. The van der Waals surface area contributed by atoms with E-state index in [9.17, 15) is 38.4 Å². The van der Waals surface area contributed by atoms with E-state index in [2.05, 4.69) is 43.9 Å². The van der Waals surface area contributed by atoms with Crippen LogP contribution in [0.3, 0.4) is 0 Å². The molecular weight excluding hydrogens is 1420 g/mol. The summed E-state index contributed by atoms with van der Waals surface area (Å²) in [5.41, 5.74) is 1.27. The van der Waals surface area contributed by atoms with Crippen LogP contribution < -0.4 is 21.3 Å². The molecular formula is C73H105ClFIN12O12. The molecule has 4 N–H and O–H groups in total. The molecule has 2 aliphatic heterocycles. The molecule has 0 radical (unpaired) electrons. The summed E-state index contributed by atoms with van der Waals surface area (Å²) in [6.07, 6.45) is 2.49. The molecule has 2 fully saturated rings. The Kier molecular flexibility index (Phi) is 32.7. The summed E-state index contributed by atoms with van der Waals surface area (Å²) in [5, 5.41) is 11.8. The number of benzene rings is 3. The molecule has 0 aromatic heterocycles. The first-order valence-corrected chi connectivity index (χ1v) is 36.1. The zero-order valence-corrected chi connectivity index (χ0v) is 63.5. The minimum Gasteiger partial charge on any atom is -0.343 e. The van der Waals surface area contributed by atoms with Gasteiger partial charge in [-0.15, -0.1) is 0 Å². The number of nitrogens with one attached hydrogen (secondary N) is 4. The summed E-state index contributed by atoms with van der Waals surface area (Å²) in [6, 6.07) is 8.61. The van der Waals surface area contributed by atoms with Gasteiger partial charge in [-0.05, 0) is 126 Å². The number of nitrogens with zero attached hydrogens (tertiary/aromatic N) is 8. The molecule has 27 heteroatoms. The van der Waals surface area contributed by atoms with Crippen LogP contribution in [0.5, 0.6) is 0 Å². The Hall–Kier alpha value is -7.75. The molecule has 0 unspecified atom stereocenters. The Morgan fingerprint density at radius 1 is 0.550 bits per heavy atom. The zero-order valence-electron chi connectivity index (χ0n) is 60.6. The van der Waals surface area contributed by atoms with Gasteiger partial charge in [0.25, 0.3) is 0 Å². The Labute approximate surface area is 608 Å². The van der Waals surface area contributed by atoms with E-state index in [0.717, 1.165) is 39.4 Å². The van der Waals surface area contributed by atoms with Gasteiger partial charge in [0.1, 0.15) is 54.2 Å². The molecule has 0 spiro atoms. The Balaban J connectivity index is 1.67.